The molecule has 3 aromatic rings. The minimum atomic E-state index is -0.588. The van der Waals surface area contributed by atoms with Crippen LogP contribution in [0.4, 0.5) is 5.69 Å². The van der Waals surface area contributed by atoms with Crippen molar-refractivity contribution in [1.82, 2.24) is 0 Å². The first-order valence-electron chi connectivity index (χ1n) is 7.65. The lowest BCUT2D eigenvalue weighted by molar-refractivity contribution is 0.102. The third kappa shape index (κ3) is 3.87. The van der Waals surface area contributed by atoms with Gasteiger partial charge in [-0.05, 0) is 36.4 Å². The zero-order valence-electron chi connectivity index (χ0n) is 13.4. The van der Waals surface area contributed by atoms with E-state index in [1.165, 1.54) is 30.3 Å². The van der Waals surface area contributed by atoms with Crippen LogP contribution in [0.1, 0.15) is 26.3 Å². The second-order valence-electron chi connectivity index (χ2n) is 5.50. The lowest BCUT2D eigenvalue weighted by Crippen LogP contribution is -2.15. The average molecular weight is 386 g/mol. The van der Waals surface area contributed by atoms with Crippen LogP contribution in [-0.4, -0.2) is 16.8 Å². The molecular weight excluding hydrogens is 373 g/mol. The van der Waals surface area contributed by atoms with Gasteiger partial charge in [0.15, 0.2) is 5.78 Å². The van der Waals surface area contributed by atoms with Gasteiger partial charge in [-0.15, -0.1) is 0 Å². The Balaban J connectivity index is 1.97. The van der Waals surface area contributed by atoms with Gasteiger partial charge in [0.25, 0.3) is 5.91 Å². The van der Waals surface area contributed by atoms with Gasteiger partial charge >= 0.3 is 0 Å². The molecule has 130 valence electrons. The molecule has 0 saturated heterocycles. The molecule has 0 aromatic heterocycles. The number of carbonyl (C=O) groups excluding carboxylic acids is 2. The summed E-state index contributed by atoms with van der Waals surface area (Å²) in [7, 11) is 0. The van der Waals surface area contributed by atoms with E-state index < -0.39 is 5.91 Å². The molecule has 0 aliphatic heterocycles. The molecule has 3 aromatic carbocycles. The maximum absolute atomic E-state index is 12.8. The van der Waals surface area contributed by atoms with E-state index in [2.05, 4.69) is 5.32 Å². The monoisotopic (exact) mass is 385 g/mol. The molecule has 4 nitrogen and oxygen atoms in total. The number of aromatic hydroxyl groups is 1. The number of phenols is 1. The Bertz CT molecular complexity index is 988. The maximum Gasteiger partial charge on any atom is 0.259 e. The number of rotatable bonds is 4. The highest BCUT2D eigenvalue weighted by Gasteiger charge is 2.18. The van der Waals surface area contributed by atoms with Gasteiger partial charge in [-0.3, -0.25) is 9.59 Å². The average Bonchev–Trinajstić information content (AvgIpc) is 2.65. The lowest BCUT2D eigenvalue weighted by atomic mass is 10.0. The molecular formula is C20H13Cl2NO3. The molecule has 0 atom stereocenters. The normalized spacial score (nSPS) is 10.4. The summed E-state index contributed by atoms with van der Waals surface area (Å²) in [6.07, 6.45) is 0. The molecule has 0 aliphatic carbocycles. The number of carbonyl (C=O) groups is 2. The zero-order chi connectivity index (χ0) is 18.7. The Hall–Kier alpha value is -2.82. The van der Waals surface area contributed by atoms with Crippen molar-refractivity contribution in [3.63, 3.8) is 0 Å². The number of hydrogen-bond donors (Lipinski definition) is 2. The molecule has 0 radical (unpaired) electrons. The number of nitrogens with one attached hydrogen (secondary N) is 1. The minimum absolute atomic E-state index is 0.00515. The number of phenolic OH excluding ortho intramolecular Hbond substituents is 1. The van der Waals surface area contributed by atoms with Gasteiger partial charge in [0.1, 0.15) is 5.75 Å². The van der Waals surface area contributed by atoms with E-state index in [4.69, 9.17) is 23.2 Å². The van der Waals surface area contributed by atoms with E-state index in [1.807, 2.05) is 0 Å². The summed E-state index contributed by atoms with van der Waals surface area (Å²) in [5, 5.41) is 13.2. The van der Waals surface area contributed by atoms with Crippen molar-refractivity contribution in [2.75, 3.05) is 5.32 Å². The maximum atomic E-state index is 12.8. The summed E-state index contributed by atoms with van der Waals surface area (Å²) in [5.41, 5.74) is 1.01. The van der Waals surface area contributed by atoms with Crippen LogP contribution in [0.2, 0.25) is 10.0 Å². The fraction of sp³-hybridized carbons (Fsp3) is 0. The van der Waals surface area contributed by atoms with Gasteiger partial charge in [-0.1, -0.05) is 53.5 Å². The second-order valence-corrected chi connectivity index (χ2v) is 6.37. The standard InChI is InChI=1S/C20H13Cl2NO3/c21-13-6-8-17(15(10-13)19(25)12-4-2-1-3-5-12)23-20(26)16-11-14(22)7-9-18(16)24/h1-11,24H,(H,23,26). The predicted octanol–water partition coefficient (Wildman–Crippen LogP) is 5.18. The molecule has 6 heteroatoms. The van der Waals surface area contributed by atoms with Gasteiger partial charge in [0.05, 0.1) is 11.3 Å². The molecule has 0 saturated carbocycles. The summed E-state index contributed by atoms with van der Waals surface area (Å²) in [6, 6.07) is 17.4. The van der Waals surface area contributed by atoms with Crippen LogP contribution in [0, 0.1) is 0 Å². The predicted molar refractivity (Wildman–Crippen MR) is 102 cm³/mol. The van der Waals surface area contributed by atoms with Crippen molar-refractivity contribution in [3.05, 3.63) is 93.5 Å². The Morgan fingerprint density at radius 2 is 1.42 bits per heavy atom. The first-order valence-corrected chi connectivity index (χ1v) is 8.40. The minimum Gasteiger partial charge on any atom is -0.507 e. The van der Waals surface area contributed by atoms with E-state index >= 15 is 0 Å². The molecule has 0 heterocycles. The third-order valence-electron chi connectivity index (χ3n) is 3.71. The Kier molecular flexibility index (Phi) is 5.26. The highest BCUT2D eigenvalue weighted by molar-refractivity contribution is 6.32. The van der Waals surface area contributed by atoms with Gasteiger partial charge in [0, 0.05) is 21.2 Å². The Labute approximate surface area is 160 Å². The SMILES string of the molecule is O=C(Nc1ccc(Cl)cc1C(=O)c1ccccc1)c1cc(Cl)ccc1O. The Morgan fingerprint density at radius 3 is 2.12 bits per heavy atom. The molecule has 0 fully saturated rings. The quantitative estimate of drug-likeness (QED) is 0.607. The van der Waals surface area contributed by atoms with Crippen LogP contribution in [0.3, 0.4) is 0 Å². The number of hydrogen-bond acceptors (Lipinski definition) is 3. The molecule has 3 rings (SSSR count). The number of benzene rings is 3. The van der Waals surface area contributed by atoms with Gasteiger partial charge in [0.2, 0.25) is 0 Å². The summed E-state index contributed by atoms with van der Waals surface area (Å²) < 4.78 is 0. The van der Waals surface area contributed by atoms with Crippen molar-refractivity contribution in [2.45, 2.75) is 0 Å². The van der Waals surface area contributed by atoms with Gasteiger partial charge in [-0.2, -0.15) is 0 Å². The summed E-state index contributed by atoms with van der Waals surface area (Å²) in [6.45, 7) is 0. The molecule has 0 bridgehead atoms. The largest absolute Gasteiger partial charge is 0.507 e. The number of ketones is 1. The molecule has 0 aliphatic rings. The van der Waals surface area contributed by atoms with E-state index in [-0.39, 0.29) is 28.3 Å². The molecule has 0 spiro atoms. The van der Waals surface area contributed by atoms with Crippen molar-refractivity contribution in [2.24, 2.45) is 0 Å². The van der Waals surface area contributed by atoms with Crippen molar-refractivity contribution >= 4 is 40.6 Å². The topological polar surface area (TPSA) is 66.4 Å². The highest BCUT2D eigenvalue weighted by atomic mass is 35.5. The first-order chi connectivity index (χ1) is 12.5. The first kappa shape index (κ1) is 18.0. The van der Waals surface area contributed by atoms with E-state index in [9.17, 15) is 14.7 Å². The molecule has 2 N–H and O–H groups in total. The van der Waals surface area contributed by atoms with E-state index in [0.717, 1.165) is 0 Å². The number of anilines is 1. The number of amides is 1. The van der Waals surface area contributed by atoms with Gasteiger partial charge < -0.3 is 10.4 Å². The summed E-state index contributed by atoms with van der Waals surface area (Å²) >= 11 is 11.9. The lowest BCUT2D eigenvalue weighted by Gasteiger charge is -2.12. The third-order valence-corrected chi connectivity index (χ3v) is 4.18. The van der Waals surface area contributed by atoms with Crippen molar-refractivity contribution in [3.8, 4) is 5.75 Å². The highest BCUT2D eigenvalue weighted by Crippen LogP contribution is 2.26. The fourth-order valence-electron chi connectivity index (χ4n) is 2.44. The molecule has 26 heavy (non-hydrogen) atoms. The van der Waals surface area contributed by atoms with Crippen molar-refractivity contribution < 1.29 is 14.7 Å². The smallest absolute Gasteiger partial charge is 0.259 e. The van der Waals surface area contributed by atoms with Crippen LogP contribution in [0.5, 0.6) is 5.75 Å². The fourth-order valence-corrected chi connectivity index (χ4v) is 2.78. The van der Waals surface area contributed by atoms with Crippen LogP contribution in [0.25, 0.3) is 0 Å². The van der Waals surface area contributed by atoms with E-state index in [0.29, 0.717) is 15.6 Å². The summed E-state index contributed by atoms with van der Waals surface area (Å²) in [5.74, 6) is -1.08. The van der Waals surface area contributed by atoms with Crippen LogP contribution in [-0.2, 0) is 0 Å². The summed E-state index contributed by atoms with van der Waals surface area (Å²) in [4.78, 5) is 25.3. The van der Waals surface area contributed by atoms with Crippen LogP contribution >= 0.6 is 23.2 Å². The number of halogens is 2. The Morgan fingerprint density at radius 1 is 0.808 bits per heavy atom. The van der Waals surface area contributed by atoms with E-state index in [1.54, 1.807) is 36.4 Å². The van der Waals surface area contributed by atoms with Crippen LogP contribution in [0.15, 0.2) is 66.7 Å². The van der Waals surface area contributed by atoms with Crippen molar-refractivity contribution in [1.29, 1.82) is 0 Å². The zero-order valence-corrected chi connectivity index (χ0v) is 14.9. The van der Waals surface area contributed by atoms with Crippen LogP contribution < -0.4 is 5.32 Å². The second kappa shape index (κ2) is 7.60. The van der Waals surface area contributed by atoms with Gasteiger partial charge in [-0.25, -0.2) is 0 Å². The molecule has 1 amide bonds. The molecule has 0 unspecified atom stereocenters.